The summed E-state index contributed by atoms with van der Waals surface area (Å²) < 4.78 is 1.84. The van der Waals surface area contributed by atoms with Crippen molar-refractivity contribution in [1.29, 1.82) is 0 Å². The van der Waals surface area contributed by atoms with Crippen LogP contribution < -0.4 is 5.84 Å². The highest BCUT2D eigenvalue weighted by Gasteiger charge is 2.16. The van der Waals surface area contributed by atoms with Crippen LogP contribution in [0, 0.1) is 13.8 Å². The van der Waals surface area contributed by atoms with Gasteiger partial charge in [0.2, 0.25) is 0 Å². The molecule has 1 aromatic heterocycles. The molecule has 0 radical (unpaired) electrons. The Hall–Kier alpha value is -2.22. The monoisotopic (exact) mass is 338 g/mol. The van der Waals surface area contributed by atoms with Crippen molar-refractivity contribution in [1.82, 2.24) is 4.68 Å². The molecule has 2 aromatic rings. The molecule has 2 N–H and O–H groups in total. The van der Waals surface area contributed by atoms with Crippen LogP contribution in [0.4, 0.5) is 0 Å². The van der Waals surface area contributed by atoms with Crippen molar-refractivity contribution in [2.45, 2.75) is 61.8 Å². The fraction of sp³-hybridized carbons (Fsp3) is 0.391. The minimum Gasteiger partial charge on any atom is -0.339 e. The molecule has 0 aliphatic rings. The van der Waals surface area contributed by atoms with Gasteiger partial charge in [-0.1, -0.05) is 50.6 Å². The van der Waals surface area contributed by atoms with Crippen molar-refractivity contribution in [2.24, 2.45) is 0 Å². The Morgan fingerprint density at radius 3 is 2.04 bits per heavy atom. The molecule has 0 aliphatic heterocycles. The van der Waals surface area contributed by atoms with E-state index in [0.717, 1.165) is 17.8 Å². The molecule has 0 saturated carbocycles. The number of allylic oxidation sites excluding steroid dienone is 4. The van der Waals surface area contributed by atoms with Crippen LogP contribution in [0.15, 0.2) is 47.6 Å². The SMILES string of the molecule is CC.CC/C=C(/C)C(=C(C)C)c1ccc(-c2c(C)cccc2C)n1N. The zero-order valence-corrected chi connectivity index (χ0v) is 17.2. The molecular weight excluding hydrogens is 304 g/mol. The van der Waals surface area contributed by atoms with E-state index >= 15 is 0 Å². The summed E-state index contributed by atoms with van der Waals surface area (Å²) in [4.78, 5) is 0. The molecule has 0 aliphatic carbocycles. The fourth-order valence-corrected chi connectivity index (χ4v) is 3.34. The maximum Gasteiger partial charge on any atom is 0.0702 e. The number of aryl methyl sites for hydroxylation is 2. The Bertz CT molecular complexity index is 749. The third kappa shape index (κ3) is 4.45. The zero-order valence-electron chi connectivity index (χ0n) is 17.2. The van der Waals surface area contributed by atoms with Crippen molar-refractivity contribution in [3.8, 4) is 11.3 Å². The highest BCUT2D eigenvalue weighted by Crippen LogP contribution is 2.33. The predicted octanol–water partition coefficient (Wildman–Crippen LogP) is 6.66. The quantitative estimate of drug-likeness (QED) is 0.490. The summed E-state index contributed by atoms with van der Waals surface area (Å²) in [5.74, 6) is 6.50. The molecule has 136 valence electrons. The van der Waals surface area contributed by atoms with Crippen LogP contribution in [-0.2, 0) is 0 Å². The minimum atomic E-state index is 1.03. The zero-order chi connectivity index (χ0) is 19.1. The van der Waals surface area contributed by atoms with Crippen molar-refractivity contribution >= 4 is 5.57 Å². The predicted molar refractivity (Wildman–Crippen MR) is 113 cm³/mol. The second-order valence-electron chi connectivity index (χ2n) is 6.41. The lowest BCUT2D eigenvalue weighted by atomic mass is 9.99. The van der Waals surface area contributed by atoms with Gasteiger partial charge < -0.3 is 5.84 Å². The van der Waals surface area contributed by atoms with Crippen LogP contribution in [0.1, 0.15) is 64.8 Å². The normalized spacial score (nSPS) is 11.0. The number of nitrogens with zero attached hydrogens (tertiary/aromatic N) is 1. The molecule has 2 heteroatoms. The van der Waals surface area contributed by atoms with Crippen LogP contribution in [0.3, 0.4) is 0 Å². The van der Waals surface area contributed by atoms with E-state index in [0.29, 0.717) is 0 Å². The van der Waals surface area contributed by atoms with E-state index in [9.17, 15) is 0 Å². The van der Waals surface area contributed by atoms with Crippen molar-refractivity contribution in [2.75, 3.05) is 5.84 Å². The van der Waals surface area contributed by atoms with Gasteiger partial charge in [-0.25, -0.2) is 0 Å². The van der Waals surface area contributed by atoms with Crippen molar-refractivity contribution < 1.29 is 0 Å². The molecule has 0 spiro atoms. The summed E-state index contributed by atoms with van der Waals surface area (Å²) >= 11 is 0. The number of benzene rings is 1. The second kappa shape index (κ2) is 9.31. The largest absolute Gasteiger partial charge is 0.339 e. The second-order valence-corrected chi connectivity index (χ2v) is 6.41. The van der Waals surface area contributed by atoms with E-state index in [1.165, 1.54) is 33.4 Å². The first-order valence-electron chi connectivity index (χ1n) is 9.26. The summed E-state index contributed by atoms with van der Waals surface area (Å²) in [5, 5.41) is 0. The van der Waals surface area contributed by atoms with E-state index in [1.807, 2.05) is 18.5 Å². The summed E-state index contributed by atoms with van der Waals surface area (Å²) in [5.41, 5.74) is 9.68. The summed E-state index contributed by atoms with van der Waals surface area (Å²) in [6.07, 6.45) is 3.28. The minimum absolute atomic E-state index is 1.03. The molecule has 0 amide bonds. The van der Waals surface area contributed by atoms with Crippen molar-refractivity contribution in [3.05, 3.63) is 64.4 Å². The van der Waals surface area contributed by atoms with Crippen LogP contribution in [0.5, 0.6) is 0 Å². The third-order valence-electron chi connectivity index (χ3n) is 4.32. The van der Waals surface area contributed by atoms with Gasteiger partial charge in [0.05, 0.1) is 11.4 Å². The van der Waals surface area contributed by atoms with Gasteiger partial charge in [0.1, 0.15) is 0 Å². The highest BCUT2D eigenvalue weighted by molar-refractivity contribution is 5.82. The van der Waals surface area contributed by atoms with Crippen LogP contribution in [-0.4, -0.2) is 4.68 Å². The average molecular weight is 339 g/mol. The number of nitrogen functional groups attached to an aromatic ring is 1. The van der Waals surface area contributed by atoms with E-state index in [4.69, 9.17) is 5.84 Å². The smallest absolute Gasteiger partial charge is 0.0702 e. The Labute approximate surface area is 154 Å². The van der Waals surface area contributed by atoms with Crippen LogP contribution in [0.25, 0.3) is 16.8 Å². The fourth-order valence-electron chi connectivity index (χ4n) is 3.34. The number of nitrogens with two attached hydrogens (primary N) is 1. The standard InChI is InChI=1S/C21H28N2.C2H6/c1-7-9-15(4)20(14(2)3)18-12-13-19(23(18)22)21-16(5)10-8-11-17(21)6;1-2/h8-13H,7,22H2,1-6H3;1-2H3/b15-9-;. The highest BCUT2D eigenvalue weighted by atomic mass is 15.3. The Balaban J connectivity index is 0.00000151. The molecular formula is C23H34N2. The Morgan fingerprint density at radius 1 is 1.00 bits per heavy atom. The number of hydrogen-bond donors (Lipinski definition) is 1. The summed E-state index contributed by atoms with van der Waals surface area (Å²) in [6.45, 7) is 16.9. The van der Waals surface area contributed by atoms with Gasteiger partial charge in [-0.3, -0.25) is 4.68 Å². The van der Waals surface area contributed by atoms with E-state index < -0.39 is 0 Å². The topological polar surface area (TPSA) is 30.9 Å². The lowest BCUT2D eigenvalue weighted by Crippen LogP contribution is -2.14. The molecule has 0 unspecified atom stereocenters. The van der Waals surface area contributed by atoms with Crippen molar-refractivity contribution in [3.63, 3.8) is 0 Å². The van der Waals surface area contributed by atoms with Crippen LogP contribution >= 0.6 is 0 Å². The number of hydrogen-bond acceptors (Lipinski definition) is 1. The average Bonchev–Trinajstić information content (AvgIpc) is 2.91. The van der Waals surface area contributed by atoms with Gasteiger partial charge in [0.25, 0.3) is 0 Å². The molecule has 0 bridgehead atoms. The first kappa shape index (κ1) is 20.8. The van der Waals surface area contributed by atoms with Gasteiger partial charge in [-0.2, -0.15) is 0 Å². The first-order chi connectivity index (χ1) is 11.9. The van der Waals surface area contributed by atoms with E-state index in [1.54, 1.807) is 0 Å². The first-order valence-corrected chi connectivity index (χ1v) is 9.26. The van der Waals surface area contributed by atoms with E-state index in [-0.39, 0.29) is 0 Å². The Kier molecular flexibility index (Phi) is 7.76. The summed E-state index contributed by atoms with van der Waals surface area (Å²) in [6, 6.07) is 10.6. The molecule has 0 fully saturated rings. The van der Waals surface area contributed by atoms with Gasteiger partial charge in [-0.15, -0.1) is 0 Å². The lowest BCUT2D eigenvalue weighted by molar-refractivity contribution is 0.994. The summed E-state index contributed by atoms with van der Waals surface area (Å²) in [7, 11) is 0. The molecule has 1 aromatic carbocycles. The molecule has 2 rings (SSSR count). The lowest BCUT2D eigenvalue weighted by Gasteiger charge is -2.16. The maximum atomic E-state index is 6.50. The van der Waals surface area contributed by atoms with Crippen LogP contribution in [0.2, 0.25) is 0 Å². The van der Waals surface area contributed by atoms with E-state index in [2.05, 4.69) is 78.0 Å². The van der Waals surface area contributed by atoms with Gasteiger partial charge >= 0.3 is 0 Å². The molecule has 1 heterocycles. The molecule has 0 atom stereocenters. The van der Waals surface area contributed by atoms with Gasteiger partial charge in [0, 0.05) is 11.1 Å². The molecule has 25 heavy (non-hydrogen) atoms. The number of aromatic nitrogens is 1. The van der Waals surface area contributed by atoms with Gasteiger partial charge in [0.15, 0.2) is 0 Å². The maximum absolute atomic E-state index is 6.50. The van der Waals surface area contributed by atoms with Gasteiger partial charge in [-0.05, 0) is 69.9 Å². The Morgan fingerprint density at radius 2 is 1.56 bits per heavy atom. The molecule has 0 saturated heterocycles. The third-order valence-corrected chi connectivity index (χ3v) is 4.32. The number of rotatable bonds is 4. The molecule has 2 nitrogen and oxygen atoms in total.